The molecular formula is C13H15F3N2O3. The molecule has 0 aliphatic carbocycles. The molecule has 8 heteroatoms. The molecule has 0 aliphatic rings. The Morgan fingerprint density at radius 3 is 2.48 bits per heavy atom. The molecule has 1 unspecified atom stereocenters. The lowest BCUT2D eigenvalue weighted by atomic mass is 10.0. The summed E-state index contributed by atoms with van der Waals surface area (Å²) in [6.07, 6.45) is -4.80. The Bertz CT molecular complexity index is 544. The molecule has 0 bridgehead atoms. The molecule has 4 N–H and O–H groups in total. The van der Waals surface area contributed by atoms with Crippen LogP contribution in [0.1, 0.15) is 29.3 Å². The first-order chi connectivity index (χ1) is 9.61. The van der Waals surface area contributed by atoms with Crippen molar-refractivity contribution >= 4 is 17.6 Å². The van der Waals surface area contributed by atoms with E-state index in [1.807, 2.05) is 0 Å². The van der Waals surface area contributed by atoms with Gasteiger partial charge >= 0.3 is 12.1 Å². The van der Waals surface area contributed by atoms with E-state index in [9.17, 15) is 22.8 Å². The van der Waals surface area contributed by atoms with E-state index in [4.69, 9.17) is 10.8 Å². The number of rotatable bonds is 6. The quantitative estimate of drug-likeness (QED) is 0.752. The second-order valence-corrected chi connectivity index (χ2v) is 4.71. The van der Waals surface area contributed by atoms with Crippen molar-refractivity contribution < 1.29 is 27.9 Å². The maximum Gasteiger partial charge on any atom is 0.417 e. The molecule has 1 aromatic carbocycles. The van der Waals surface area contributed by atoms with Crippen LogP contribution >= 0.6 is 0 Å². The first kappa shape index (κ1) is 16.8. The number of primary amides is 1. The summed E-state index contributed by atoms with van der Waals surface area (Å²) in [6, 6.07) is 3.08. The number of anilines is 1. The zero-order valence-corrected chi connectivity index (χ0v) is 11.2. The van der Waals surface area contributed by atoms with Crippen LogP contribution in [0.4, 0.5) is 18.9 Å². The average Bonchev–Trinajstić information content (AvgIpc) is 2.34. The predicted molar refractivity (Wildman–Crippen MR) is 69.9 cm³/mol. The fourth-order valence-corrected chi connectivity index (χ4v) is 1.77. The van der Waals surface area contributed by atoms with E-state index in [0.29, 0.717) is 0 Å². The van der Waals surface area contributed by atoms with Crippen LogP contribution in [-0.2, 0) is 11.0 Å². The Kier molecular flexibility index (Phi) is 5.17. The Balaban J connectivity index is 2.91. The van der Waals surface area contributed by atoms with Gasteiger partial charge in [-0.25, -0.2) is 0 Å². The number of nitrogens with one attached hydrogen (secondary N) is 1. The van der Waals surface area contributed by atoms with Gasteiger partial charge in [0.05, 0.1) is 11.1 Å². The van der Waals surface area contributed by atoms with Crippen LogP contribution in [0.2, 0.25) is 0 Å². The van der Waals surface area contributed by atoms with Crippen LogP contribution < -0.4 is 11.1 Å². The van der Waals surface area contributed by atoms with Crippen LogP contribution in [0.5, 0.6) is 0 Å². The lowest BCUT2D eigenvalue weighted by Crippen LogP contribution is -2.20. The molecule has 0 saturated carbocycles. The Morgan fingerprint density at radius 2 is 2.00 bits per heavy atom. The second kappa shape index (κ2) is 6.47. The van der Waals surface area contributed by atoms with Crippen LogP contribution in [0.25, 0.3) is 0 Å². The summed E-state index contributed by atoms with van der Waals surface area (Å²) >= 11 is 0. The number of amides is 1. The first-order valence-electron chi connectivity index (χ1n) is 6.08. The molecule has 21 heavy (non-hydrogen) atoms. The topological polar surface area (TPSA) is 92.4 Å². The highest BCUT2D eigenvalue weighted by atomic mass is 19.4. The highest BCUT2D eigenvalue weighted by Gasteiger charge is 2.35. The Hall–Kier alpha value is -2.25. The zero-order valence-electron chi connectivity index (χ0n) is 11.2. The monoisotopic (exact) mass is 304 g/mol. The molecule has 0 aromatic heterocycles. The summed E-state index contributed by atoms with van der Waals surface area (Å²) in [5.74, 6) is -2.40. The zero-order chi connectivity index (χ0) is 16.2. The standard InChI is InChI=1S/C13H15F3N2O3/c1-7(4-11(19)20)6-18-8-2-3-9(12(17)21)10(5-8)13(14,15)16/h2-3,5,7,18H,4,6H2,1H3,(H2,17,21)(H,19,20). The van der Waals surface area contributed by atoms with Crippen molar-refractivity contribution in [3.05, 3.63) is 29.3 Å². The minimum atomic E-state index is -4.70. The maximum atomic E-state index is 12.8. The van der Waals surface area contributed by atoms with Crippen LogP contribution in [0.3, 0.4) is 0 Å². The molecule has 1 rings (SSSR count). The molecule has 0 fully saturated rings. The van der Waals surface area contributed by atoms with Crippen LogP contribution in [0.15, 0.2) is 18.2 Å². The van der Waals surface area contributed by atoms with Gasteiger partial charge in [0, 0.05) is 18.7 Å². The van der Waals surface area contributed by atoms with Gasteiger partial charge in [-0.2, -0.15) is 13.2 Å². The normalized spacial score (nSPS) is 12.8. The van der Waals surface area contributed by atoms with E-state index in [-0.39, 0.29) is 24.6 Å². The van der Waals surface area contributed by atoms with Gasteiger partial charge in [-0.05, 0) is 24.1 Å². The fourth-order valence-electron chi connectivity index (χ4n) is 1.77. The smallest absolute Gasteiger partial charge is 0.417 e. The van der Waals surface area contributed by atoms with E-state index in [2.05, 4.69) is 5.32 Å². The van der Waals surface area contributed by atoms with Gasteiger partial charge in [-0.15, -0.1) is 0 Å². The largest absolute Gasteiger partial charge is 0.481 e. The predicted octanol–water partition coefficient (Wildman–Crippen LogP) is 2.33. The molecule has 5 nitrogen and oxygen atoms in total. The third-order valence-electron chi connectivity index (χ3n) is 2.77. The number of halogens is 3. The van der Waals surface area contributed by atoms with Crippen LogP contribution in [-0.4, -0.2) is 23.5 Å². The second-order valence-electron chi connectivity index (χ2n) is 4.71. The highest BCUT2D eigenvalue weighted by Crippen LogP contribution is 2.33. The molecule has 0 saturated heterocycles. The lowest BCUT2D eigenvalue weighted by molar-refractivity contribution is -0.138. The van der Waals surface area contributed by atoms with E-state index in [1.165, 1.54) is 6.07 Å². The number of carboxylic acid groups (broad SMARTS) is 1. The van der Waals surface area contributed by atoms with Crippen molar-refractivity contribution in [2.45, 2.75) is 19.5 Å². The number of alkyl halides is 3. The molecule has 0 spiro atoms. The number of benzene rings is 1. The molecule has 1 atom stereocenters. The van der Waals surface area contributed by atoms with Gasteiger partial charge < -0.3 is 16.2 Å². The van der Waals surface area contributed by atoms with Gasteiger partial charge in [-0.1, -0.05) is 6.92 Å². The number of hydrogen-bond donors (Lipinski definition) is 3. The van der Waals surface area contributed by atoms with E-state index < -0.39 is 29.2 Å². The van der Waals surface area contributed by atoms with Crippen molar-refractivity contribution in [1.29, 1.82) is 0 Å². The van der Waals surface area contributed by atoms with E-state index >= 15 is 0 Å². The van der Waals surface area contributed by atoms with Gasteiger partial charge in [-0.3, -0.25) is 9.59 Å². The molecule has 1 amide bonds. The number of carbonyl (C=O) groups is 2. The summed E-state index contributed by atoms with van der Waals surface area (Å²) in [6.45, 7) is 1.85. The number of nitrogens with two attached hydrogens (primary N) is 1. The summed E-state index contributed by atoms with van der Waals surface area (Å²) in [4.78, 5) is 21.5. The maximum absolute atomic E-state index is 12.8. The molecule has 0 aliphatic heterocycles. The molecular weight excluding hydrogens is 289 g/mol. The van der Waals surface area contributed by atoms with Crippen LogP contribution in [0, 0.1) is 5.92 Å². The van der Waals surface area contributed by atoms with Gasteiger partial charge in [0.15, 0.2) is 0 Å². The molecule has 1 aromatic rings. The van der Waals surface area contributed by atoms with E-state index in [1.54, 1.807) is 6.92 Å². The third-order valence-corrected chi connectivity index (χ3v) is 2.77. The molecule has 0 heterocycles. The summed E-state index contributed by atoms with van der Waals surface area (Å²) in [5.41, 5.74) is 3.33. The first-order valence-corrected chi connectivity index (χ1v) is 6.08. The summed E-state index contributed by atoms with van der Waals surface area (Å²) in [7, 11) is 0. The fraction of sp³-hybridized carbons (Fsp3) is 0.385. The van der Waals surface area contributed by atoms with Crippen molar-refractivity contribution in [3.8, 4) is 0 Å². The highest BCUT2D eigenvalue weighted by molar-refractivity contribution is 5.95. The molecule has 0 radical (unpaired) electrons. The van der Waals surface area contributed by atoms with E-state index in [0.717, 1.165) is 12.1 Å². The van der Waals surface area contributed by atoms with Crippen molar-refractivity contribution in [2.75, 3.05) is 11.9 Å². The summed E-state index contributed by atoms with van der Waals surface area (Å²) < 4.78 is 38.5. The van der Waals surface area contributed by atoms with Crippen molar-refractivity contribution in [3.63, 3.8) is 0 Å². The number of aliphatic carboxylic acids is 1. The lowest BCUT2D eigenvalue weighted by Gasteiger charge is -2.15. The van der Waals surface area contributed by atoms with Gasteiger partial charge in [0.2, 0.25) is 5.91 Å². The minimum absolute atomic E-state index is 0.0987. The van der Waals surface area contributed by atoms with Gasteiger partial charge in [0.25, 0.3) is 0 Å². The number of carboxylic acids is 1. The Labute approximate surface area is 118 Å². The SMILES string of the molecule is CC(CNc1ccc(C(N)=O)c(C(F)(F)F)c1)CC(=O)O. The Morgan fingerprint density at radius 1 is 1.38 bits per heavy atom. The third kappa shape index (κ3) is 4.97. The minimum Gasteiger partial charge on any atom is -0.481 e. The average molecular weight is 304 g/mol. The van der Waals surface area contributed by atoms with Crippen molar-refractivity contribution in [1.82, 2.24) is 0 Å². The van der Waals surface area contributed by atoms with Gasteiger partial charge in [0.1, 0.15) is 0 Å². The summed E-state index contributed by atoms with van der Waals surface area (Å²) in [5, 5.41) is 11.3. The molecule has 116 valence electrons. The van der Waals surface area contributed by atoms with Crippen molar-refractivity contribution in [2.24, 2.45) is 11.7 Å². The number of carbonyl (C=O) groups excluding carboxylic acids is 1. The number of hydrogen-bond acceptors (Lipinski definition) is 3.